The fraction of sp³-hybridized carbons (Fsp3) is 0.400. The molecule has 31 heavy (non-hydrogen) atoms. The molecule has 2 saturated heterocycles. The van der Waals surface area contributed by atoms with Crippen LogP contribution in [0.3, 0.4) is 0 Å². The SMILES string of the molecule is O=C(C1CCCN1S(=O)(=O)c1cccs1)N1CCN(c2nc3ccc(F)cc3s2)CC1. The lowest BCUT2D eigenvalue weighted by Gasteiger charge is -2.37. The predicted octanol–water partition coefficient (Wildman–Crippen LogP) is 3.00. The van der Waals surface area contributed by atoms with Gasteiger partial charge in [0.05, 0.1) is 10.2 Å². The third-order valence-electron chi connectivity index (χ3n) is 5.75. The van der Waals surface area contributed by atoms with Gasteiger partial charge in [-0.1, -0.05) is 17.4 Å². The molecule has 1 unspecified atom stereocenters. The van der Waals surface area contributed by atoms with Crippen LogP contribution in [0.2, 0.25) is 0 Å². The maximum atomic E-state index is 13.5. The molecule has 2 aromatic heterocycles. The Morgan fingerprint density at radius 2 is 1.94 bits per heavy atom. The Morgan fingerprint density at radius 1 is 1.13 bits per heavy atom. The summed E-state index contributed by atoms with van der Waals surface area (Å²) in [6.07, 6.45) is 1.23. The first-order chi connectivity index (χ1) is 14.9. The Bertz CT molecular complexity index is 1200. The third kappa shape index (κ3) is 3.84. The van der Waals surface area contributed by atoms with Gasteiger partial charge in [0, 0.05) is 32.7 Å². The number of hydrogen-bond donors (Lipinski definition) is 0. The zero-order chi connectivity index (χ0) is 21.6. The van der Waals surface area contributed by atoms with Crippen molar-refractivity contribution in [3.8, 4) is 0 Å². The summed E-state index contributed by atoms with van der Waals surface area (Å²) in [5, 5.41) is 2.55. The number of aromatic nitrogens is 1. The van der Waals surface area contributed by atoms with E-state index in [1.165, 1.54) is 39.1 Å². The average molecular weight is 481 g/mol. The van der Waals surface area contributed by atoms with Gasteiger partial charge in [-0.15, -0.1) is 11.3 Å². The van der Waals surface area contributed by atoms with E-state index in [0.29, 0.717) is 45.6 Å². The molecule has 5 rings (SSSR count). The maximum Gasteiger partial charge on any atom is 0.253 e. The number of amides is 1. The molecule has 1 aromatic carbocycles. The van der Waals surface area contributed by atoms with Gasteiger partial charge in [0.1, 0.15) is 16.1 Å². The summed E-state index contributed by atoms with van der Waals surface area (Å²) >= 11 is 2.62. The van der Waals surface area contributed by atoms with Gasteiger partial charge in [-0.3, -0.25) is 4.79 Å². The molecule has 164 valence electrons. The zero-order valence-corrected chi connectivity index (χ0v) is 19.1. The highest BCUT2D eigenvalue weighted by molar-refractivity contribution is 7.91. The van der Waals surface area contributed by atoms with Gasteiger partial charge < -0.3 is 9.80 Å². The van der Waals surface area contributed by atoms with Crippen molar-refractivity contribution in [2.45, 2.75) is 23.1 Å². The summed E-state index contributed by atoms with van der Waals surface area (Å²) in [5.74, 6) is -0.402. The molecule has 2 aliphatic heterocycles. The zero-order valence-electron chi connectivity index (χ0n) is 16.6. The normalized spacial score (nSPS) is 20.6. The predicted molar refractivity (Wildman–Crippen MR) is 120 cm³/mol. The number of sulfonamides is 1. The molecule has 0 spiro atoms. The summed E-state index contributed by atoms with van der Waals surface area (Å²) in [6.45, 7) is 2.61. The first kappa shape index (κ1) is 20.8. The molecule has 3 aromatic rings. The molecule has 2 aliphatic rings. The molecule has 0 N–H and O–H groups in total. The molecule has 4 heterocycles. The molecule has 1 amide bonds. The number of carbonyl (C=O) groups is 1. The Morgan fingerprint density at radius 3 is 2.68 bits per heavy atom. The molecule has 2 fully saturated rings. The van der Waals surface area contributed by atoms with E-state index in [-0.39, 0.29) is 15.9 Å². The van der Waals surface area contributed by atoms with Crippen LogP contribution < -0.4 is 4.90 Å². The average Bonchev–Trinajstić information content (AvgIpc) is 3.53. The van der Waals surface area contributed by atoms with Gasteiger partial charge in [-0.2, -0.15) is 4.31 Å². The van der Waals surface area contributed by atoms with Crippen LogP contribution in [0.5, 0.6) is 0 Å². The second kappa shape index (κ2) is 8.12. The van der Waals surface area contributed by atoms with E-state index in [1.807, 2.05) is 0 Å². The number of thiophene rings is 1. The van der Waals surface area contributed by atoms with Crippen LogP contribution in [0.4, 0.5) is 9.52 Å². The molecule has 0 aliphatic carbocycles. The van der Waals surface area contributed by atoms with E-state index in [9.17, 15) is 17.6 Å². The maximum absolute atomic E-state index is 13.5. The fourth-order valence-corrected chi connectivity index (χ4v) is 7.96. The highest BCUT2D eigenvalue weighted by Crippen LogP contribution is 2.32. The monoisotopic (exact) mass is 480 g/mol. The van der Waals surface area contributed by atoms with Gasteiger partial charge in [-0.05, 0) is 42.5 Å². The fourth-order valence-electron chi connectivity index (χ4n) is 4.15. The van der Waals surface area contributed by atoms with Gasteiger partial charge in [0.15, 0.2) is 5.13 Å². The van der Waals surface area contributed by atoms with Crippen LogP contribution in [0.25, 0.3) is 10.2 Å². The minimum Gasteiger partial charge on any atom is -0.345 e. The number of thiazole rings is 1. The van der Waals surface area contributed by atoms with Crippen molar-refractivity contribution in [3.05, 3.63) is 41.5 Å². The molecular formula is C20H21FN4O3S3. The molecule has 0 saturated carbocycles. The van der Waals surface area contributed by atoms with Crippen molar-refractivity contribution in [3.63, 3.8) is 0 Å². The van der Waals surface area contributed by atoms with Crippen LogP contribution >= 0.6 is 22.7 Å². The Balaban J connectivity index is 1.27. The first-order valence-electron chi connectivity index (χ1n) is 10.1. The van der Waals surface area contributed by atoms with E-state index in [1.54, 1.807) is 28.5 Å². The van der Waals surface area contributed by atoms with Crippen LogP contribution in [-0.2, 0) is 14.8 Å². The lowest BCUT2D eigenvalue weighted by atomic mass is 10.2. The number of piperazine rings is 1. The van der Waals surface area contributed by atoms with Crippen molar-refractivity contribution in [1.29, 1.82) is 0 Å². The number of halogens is 1. The number of hydrogen-bond acceptors (Lipinski definition) is 7. The smallest absolute Gasteiger partial charge is 0.253 e. The number of benzene rings is 1. The van der Waals surface area contributed by atoms with Crippen molar-refractivity contribution in [2.24, 2.45) is 0 Å². The Hall–Kier alpha value is -2.08. The topological polar surface area (TPSA) is 73.8 Å². The molecule has 0 bridgehead atoms. The van der Waals surface area contributed by atoms with E-state index >= 15 is 0 Å². The second-order valence-electron chi connectivity index (χ2n) is 7.63. The second-order valence-corrected chi connectivity index (χ2v) is 11.7. The summed E-state index contributed by atoms with van der Waals surface area (Å²) in [6, 6.07) is 7.22. The van der Waals surface area contributed by atoms with Gasteiger partial charge in [0.2, 0.25) is 5.91 Å². The summed E-state index contributed by atoms with van der Waals surface area (Å²) in [4.78, 5) is 21.6. The third-order valence-corrected chi connectivity index (χ3v) is 10.1. The first-order valence-corrected chi connectivity index (χ1v) is 13.2. The summed E-state index contributed by atoms with van der Waals surface area (Å²) < 4.78 is 41.8. The van der Waals surface area contributed by atoms with Crippen molar-refractivity contribution in [2.75, 3.05) is 37.6 Å². The van der Waals surface area contributed by atoms with Crippen molar-refractivity contribution >= 4 is 54.0 Å². The molecular weight excluding hydrogens is 459 g/mol. The summed E-state index contributed by atoms with van der Waals surface area (Å²) in [5.41, 5.74) is 0.764. The standard InChI is InChI=1S/C20H21FN4O3S3/c21-14-5-6-15-17(13-14)30-20(22-15)24-10-8-23(9-11-24)19(26)16-3-1-7-25(16)31(27,28)18-4-2-12-29-18/h2,4-6,12-13,16H,1,3,7-11H2. The Kier molecular flexibility index (Phi) is 5.45. The molecule has 11 heteroatoms. The lowest BCUT2D eigenvalue weighted by Crippen LogP contribution is -2.54. The van der Waals surface area contributed by atoms with Gasteiger partial charge in [0.25, 0.3) is 10.0 Å². The molecule has 1 atom stereocenters. The van der Waals surface area contributed by atoms with E-state index in [4.69, 9.17) is 0 Å². The number of fused-ring (bicyclic) bond motifs is 1. The van der Waals surface area contributed by atoms with E-state index < -0.39 is 16.1 Å². The van der Waals surface area contributed by atoms with Crippen LogP contribution in [-0.4, -0.2) is 67.3 Å². The molecule has 0 radical (unpaired) electrons. The van der Waals surface area contributed by atoms with E-state index in [2.05, 4.69) is 9.88 Å². The van der Waals surface area contributed by atoms with Crippen LogP contribution in [0.15, 0.2) is 39.9 Å². The van der Waals surface area contributed by atoms with Crippen LogP contribution in [0, 0.1) is 5.82 Å². The number of carbonyl (C=O) groups excluding carboxylic acids is 1. The largest absolute Gasteiger partial charge is 0.345 e. The molecule has 7 nitrogen and oxygen atoms in total. The number of rotatable bonds is 4. The quantitative estimate of drug-likeness (QED) is 0.574. The van der Waals surface area contributed by atoms with Crippen molar-refractivity contribution < 1.29 is 17.6 Å². The minimum atomic E-state index is -3.65. The van der Waals surface area contributed by atoms with Gasteiger partial charge in [-0.25, -0.2) is 17.8 Å². The number of nitrogens with zero attached hydrogens (tertiary/aromatic N) is 4. The van der Waals surface area contributed by atoms with Crippen molar-refractivity contribution in [1.82, 2.24) is 14.2 Å². The van der Waals surface area contributed by atoms with E-state index in [0.717, 1.165) is 15.3 Å². The minimum absolute atomic E-state index is 0.122. The summed E-state index contributed by atoms with van der Waals surface area (Å²) in [7, 11) is -3.65. The Labute approximate surface area is 187 Å². The highest BCUT2D eigenvalue weighted by Gasteiger charge is 2.42. The van der Waals surface area contributed by atoms with Gasteiger partial charge >= 0.3 is 0 Å². The van der Waals surface area contributed by atoms with Crippen LogP contribution in [0.1, 0.15) is 12.8 Å². The number of anilines is 1. The lowest BCUT2D eigenvalue weighted by molar-refractivity contribution is -0.134. The highest BCUT2D eigenvalue weighted by atomic mass is 32.2.